The topological polar surface area (TPSA) is 83.6 Å². The van der Waals surface area contributed by atoms with Crippen LogP contribution in [0.2, 0.25) is 0 Å². The van der Waals surface area contributed by atoms with Gasteiger partial charge in [0.25, 0.3) is 0 Å². The zero-order valence-electron chi connectivity index (χ0n) is 19.8. The van der Waals surface area contributed by atoms with Crippen molar-refractivity contribution in [1.82, 2.24) is 10.3 Å². The van der Waals surface area contributed by atoms with E-state index in [-0.39, 0.29) is 11.6 Å². The van der Waals surface area contributed by atoms with E-state index < -0.39 is 29.6 Å². The quantitative estimate of drug-likeness (QED) is 0.417. The van der Waals surface area contributed by atoms with Crippen LogP contribution in [0.15, 0.2) is 60.8 Å². The lowest BCUT2D eigenvalue weighted by molar-refractivity contribution is -0.137. The monoisotopic (exact) mass is 516 g/mol. The van der Waals surface area contributed by atoms with Crippen LogP contribution in [-0.4, -0.2) is 36.1 Å². The van der Waals surface area contributed by atoms with Crippen LogP contribution in [0, 0.1) is 5.82 Å². The fourth-order valence-corrected chi connectivity index (χ4v) is 4.02. The summed E-state index contributed by atoms with van der Waals surface area (Å²) in [5.41, 5.74) is 0.818. The van der Waals surface area contributed by atoms with E-state index in [1.165, 1.54) is 11.0 Å². The molecule has 0 bridgehead atoms. The molecule has 0 aliphatic carbocycles. The highest BCUT2D eigenvalue weighted by Crippen LogP contribution is 2.31. The number of urea groups is 1. The SMILES string of the molecule is CCOc1cc(-c2ccc(N3CCCC(NC(=O)Nc4ccc(C(F)(F)F)cc4)C3=O)cc2)c(F)cn1. The highest BCUT2D eigenvalue weighted by Gasteiger charge is 2.32. The number of amides is 3. The van der Waals surface area contributed by atoms with E-state index in [1.807, 2.05) is 0 Å². The molecule has 1 aliphatic rings. The minimum Gasteiger partial charge on any atom is -0.478 e. The zero-order chi connectivity index (χ0) is 26.6. The van der Waals surface area contributed by atoms with Crippen LogP contribution >= 0.6 is 0 Å². The van der Waals surface area contributed by atoms with Crippen molar-refractivity contribution in [2.75, 3.05) is 23.4 Å². The number of carbonyl (C=O) groups excluding carboxylic acids is 2. The predicted octanol–water partition coefficient (Wildman–Crippen LogP) is 5.62. The molecule has 1 atom stereocenters. The van der Waals surface area contributed by atoms with E-state index in [2.05, 4.69) is 15.6 Å². The molecule has 0 radical (unpaired) electrons. The second-order valence-corrected chi connectivity index (χ2v) is 8.34. The van der Waals surface area contributed by atoms with Gasteiger partial charge in [0, 0.05) is 29.5 Å². The smallest absolute Gasteiger partial charge is 0.416 e. The van der Waals surface area contributed by atoms with Gasteiger partial charge in [0.15, 0.2) is 0 Å². The third-order valence-electron chi connectivity index (χ3n) is 5.83. The number of carbonyl (C=O) groups is 2. The van der Waals surface area contributed by atoms with Crippen molar-refractivity contribution in [1.29, 1.82) is 0 Å². The number of nitrogens with one attached hydrogen (secondary N) is 2. The lowest BCUT2D eigenvalue weighted by Crippen LogP contribution is -2.53. The summed E-state index contributed by atoms with van der Waals surface area (Å²) in [4.78, 5) is 30.9. The molecule has 0 spiro atoms. The molecule has 1 unspecified atom stereocenters. The number of hydrogen-bond acceptors (Lipinski definition) is 4. The van der Waals surface area contributed by atoms with Gasteiger partial charge in [-0.3, -0.25) is 4.79 Å². The number of pyridine rings is 1. The van der Waals surface area contributed by atoms with Crippen LogP contribution in [0.1, 0.15) is 25.3 Å². The summed E-state index contributed by atoms with van der Waals surface area (Å²) in [6, 6.07) is 10.8. The van der Waals surface area contributed by atoms with Gasteiger partial charge in [-0.05, 0) is 61.7 Å². The van der Waals surface area contributed by atoms with Crippen LogP contribution in [0.4, 0.5) is 33.7 Å². The van der Waals surface area contributed by atoms with Crippen molar-refractivity contribution < 1.29 is 31.9 Å². The number of piperidine rings is 1. The first kappa shape index (κ1) is 25.9. The van der Waals surface area contributed by atoms with Crippen molar-refractivity contribution in [3.8, 4) is 17.0 Å². The summed E-state index contributed by atoms with van der Waals surface area (Å²) >= 11 is 0. The molecule has 1 aromatic heterocycles. The number of nitrogens with zero attached hydrogens (tertiary/aromatic N) is 2. The number of rotatable bonds is 6. The van der Waals surface area contributed by atoms with Gasteiger partial charge in [-0.15, -0.1) is 0 Å². The molecule has 3 amide bonds. The molecule has 1 fully saturated rings. The van der Waals surface area contributed by atoms with Gasteiger partial charge in [0.05, 0.1) is 18.4 Å². The Balaban J connectivity index is 1.41. The first-order chi connectivity index (χ1) is 17.7. The molecule has 11 heteroatoms. The van der Waals surface area contributed by atoms with Gasteiger partial charge in [-0.2, -0.15) is 13.2 Å². The maximum Gasteiger partial charge on any atom is 0.416 e. The Morgan fingerprint density at radius 2 is 1.84 bits per heavy atom. The maximum atomic E-state index is 14.3. The molecule has 2 N–H and O–H groups in total. The lowest BCUT2D eigenvalue weighted by Gasteiger charge is -2.32. The third-order valence-corrected chi connectivity index (χ3v) is 5.83. The molecule has 7 nitrogen and oxygen atoms in total. The van der Waals surface area contributed by atoms with Crippen molar-refractivity contribution in [3.63, 3.8) is 0 Å². The van der Waals surface area contributed by atoms with Gasteiger partial charge in [-0.25, -0.2) is 14.2 Å². The minimum absolute atomic E-state index is 0.164. The van der Waals surface area contributed by atoms with E-state index in [1.54, 1.807) is 31.2 Å². The molecular formula is C26H24F4N4O3. The van der Waals surface area contributed by atoms with Gasteiger partial charge in [-0.1, -0.05) is 12.1 Å². The Morgan fingerprint density at radius 1 is 1.14 bits per heavy atom. The molecule has 0 saturated carbocycles. The van der Waals surface area contributed by atoms with Crippen molar-refractivity contribution in [2.45, 2.75) is 32.0 Å². The molecule has 2 heterocycles. The average Bonchev–Trinajstić information content (AvgIpc) is 2.86. The Morgan fingerprint density at radius 3 is 2.49 bits per heavy atom. The first-order valence-corrected chi connectivity index (χ1v) is 11.6. The average molecular weight is 516 g/mol. The Kier molecular flexibility index (Phi) is 7.61. The second kappa shape index (κ2) is 10.9. The van der Waals surface area contributed by atoms with Gasteiger partial charge >= 0.3 is 12.2 Å². The standard InChI is InChI=1S/C26H24F4N4O3/c1-2-37-23-14-20(21(27)15-31-23)16-5-11-19(12-6-16)34-13-3-4-22(24(34)35)33-25(36)32-18-9-7-17(8-10-18)26(28,29)30/h5-12,14-15,22H,2-4,13H2,1H3,(H2,32,33,36). The number of ether oxygens (including phenoxy) is 1. The van der Waals surface area contributed by atoms with Crippen molar-refractivity contribution >= 4 is 23.3 Å². The molecule has 4 rings (SSSR count). The minimum atomic E-state index is -4.48. The van der Waals surface area contributed by atoms with Gasteiger partial charge in [0.2, 0.25) is 11.8 Å². The predicted molar refractivity (Wildman–Crippen MR) is 130 cm³/mol. The van der Waals surface area contributed by atoms with Crippen molar-refractivity contribution in [2.24, 2.45) is 0 Å². The fraction of sp³-hybridized carbons (Fsp3) is 0.269. The number of hydrogen-bond donors (Lipinski definition) is 2. The normalized spacial score (nSPS) is 15.9. The number of aromatic nitrogens is 1. The van der Waals surface area contributed by atoms with Gasteiger partial charge in [0.1, 0.15) is 11.9 Å². The van der Waals surface area contributed by atoms with E-state index in [0.717, 1.165) is 30.5 Å². The molecule has 1 aliphatic heterocycles. The fourth-order valence-electron chi connectivity index (χ4n) is 4.02. The van der Waals surface area contributed by atoms with Crippen LogP contribution < -0.4 is 20.3 Å². The first-order valence-electron chi connectivity index (χ1n) is 11.6. The summed E-state index contributed by atoms with van der Waals surface area (Å²) in [6.07, 6.45) is -2.35. The van der Waals surface area contributed by atoms with Crippen molar-refractivity contribution in [3.05, 3.63) is 72.2 Å². The van der Waals surface area contributed by atoms with Gasteiger partial charge < -0.3 is 20.3 Å². The van der Waals surface area contributed by atoms with Crippen LogP contribution in [0.3, 0.4) is 0 Å². The summed E-state index contributed by atoms with van der Waals surface area (Å²) in [7, 11) is 0. The van der Waals surface area contributed by atoms with Crippen LogP contribution in [0.5, 0.6) is 5.88 Å². The Hall–Kier alpha value is -4.15. The summed E-state index contributed by atoms with van der Waals surface area (Å²) in [5, 5.41) is 5.04. The Labute approximate surface area is 210 Å². The van der Waals surface area contributed by atoms with Crippen LogP contribution in [-0.2, 0) is 11.0 Å². The highest BCUT2D eigenvalue weighted by atomic mass is 19.4. The number of benzene rings is 2. The molecule has 2 aromatic carbocycles. The number of halogens is 4. The van der Waals surface area contributed by atoms with E-state index in [4.69, 9.17) is 4.74 Å². The molecular weight excluding hydrogens is 492 g/mol. The molecule has 194 valence electrons. The molecule has 3 aromatic rings. The second-order valence-electron chi connectivity index (χ2n) is 8.34. The van der Waals surface area contributed by atoms with E-state index in [9.17, 15) is 27.2 Å². The third kappa shape index (κ3) is 6.16. The Bertz CT molecular complexity index is 1260. The maximum absolute atomic E-state index is 14.3. The lowest BCUT2D eigenvalue weighted by atomic mass is 10.0. The largest absolute Gasteiger partial charge is 0.478 e. The summed E-state index contributed by atoms with van der Waals surface area (Å²) in [5.74, 6) is -0.526. The summed E-state index contributed by atoms with van der Waals surface area (Å²) in [6.45, 7) is 2.64. The van der Waals surface area contributed by atoms with Crippen LogP contribution in [0.25, 0.3) is 11.1 Å². The highest BCUT2D eigenvalue weighted by molar-refractivity contribution is 6.01. The zero-order valence-corrected chi connectivity index (χ0v) is 19.8. The number of alkyl halides is 3. The van der Waals surface area contributed by atoms with E-state index >= 15 is 0 Å². The number of anilines is 2. The molecule has 37 heavy (non-hydrogen) atoms. The van der Waals surface area contributed by atoms with E-state index in [0.29, 0.717) is 48.7 Å². The summed E-state index contributed by atoms with van der Waals surface area (Å²) < 4.78 is 57.8. The molecule has 1 saturated heterocycles.